The van der Waals surface area contributed by atoms with Crippen LogP contribution in [-0.2, 0) is 10.0 Å². The van der Waals surface area contributed by atoms with Crippen LogP contribution in [0.2, 0.25) is 0 Å². The number of sulfonamides is 1. The first-order valence-electron chi connectivity index (χ1n) is 10.6. The van der Waals surface area contributed by atoms with Crippen LogP contribution in [0.4, 0.5) is 13.2 Å². The number of rotatable bonds is 2. The molecule has 0 aromatic heterocycles. The second kappa shape index (κ2) is 8.10. The molecule has 0 saturated heterocycles. The molecule has 0 unspecified atom stereocenters. The minimum absolute atomic E-state index is 0.257. The maximum atomic E-state index is 13.8. The molecular formula is C24H26F3NO2S. The number of alkyl halides is 3. The molecule has 4 rings (SSSR count). The van der Waals surface area contributed by atoms with Crippen molar-refractivity contribution >= 4 is 15.6 Å². The van der Waals surface area contributed by atoms with Crippen LogP contribution >= 0.6 is 0 Å². The molecule has 0 N–H and O–H groups in total. The number of nitrogens with zero attached hydrogens (tertiary/aromatic N) is 1. The molecule has 0 bridgehead atoms. The Bertz CT molecular complexity index is 1130. The van der Waals surface area contributed by atoms with E-state index in [2.05, 4.69) is 0 Å². The molecule has 0 amide bonds. The van der Waals surface area contributed by atoms with Gasteiger partial charge in [0.2, 0.25) is 0 Å². The van der Waals surface area contributed by atoms with Crippen LogP contribution in [0.1, 0.15) is 66.0 Å². The van der Waals surface area contributed by atoms with Gasteiger partial charge in [-0.25, -0.2) is 8.42 Å². The molecule has 1 aliphatic carbocycles. The molecule has 166 valence electrons. The van der Waals surface area contributed by atoms with Crippen molar-refractivity contribution in [3.8, 4) is 0 Å². The monoisotopic (exact) mass is 449 g/mol. The van der Waals surface area contributed by atoms with E-state index in [4.69, 9.17) is 0 Å². The minimum Gasteiger partial charge on any atom is -0.203 e. The lowest BCUT2D eigenvalue weighted by Crippen LogP contribution is -2.46. The normalized spacial score (nSPS) is 20.6. The molecule has 3 nitrogen and oxygen atoms in total. The SMILES string of the molecule is Cc1ccccc1[C@@H]1c2c(C)cccc2C(=C2CCCCC2)CN1S(=O)(=O)C(F)(F)F. The molecule has 0 radical (unpaired) electrons. The third-order valence-electron chi connectivity index (χ3n) is 6.49. The summed E-state index contributed by atoms with van der Waals surface area (Å²) >= 11 is 0. The van der Waals surface area contributed by atoms with Crippen LogP contribution in [0.3, 0.4) is 0 Å². The van der Waals surface area contributed by atoms with E-state index in [0.717, 1.165) is 59.9 Å². The first-order valence-corrected chi connectivity index (χ1v) is 12.0. The van der Waals surface area contributed by atoms with Gasteiger partial charge < -0.3 is 0 Å². The molecule has 31 heavy (non-hydrogen) atoms. The van der Waals surface area contributed by atoms with Crippen LogP contribution in [0.5, 0.6) is 0 Å². The van der Waals surface area contributed by atoms with Gasteiger partial charge in [0.15, 0.2) is 0 Å². The average molecular weight is 450 g/mol. The zero-order valence-corrected chi connectivity index (χ0v) is 18.5. The summed E-state index contributed by atoms with van der Waals surface area (Å²) in [5, 5.41) is 0. The van der Waals surface area contributed by atoms with Gasteiger partial charge >= 0.3 is 15.5 Å². The smallest absolute Gasteiger partial charge is 0.203 e. The zero-order valence-electron chi connectivity index (χ0n) is 17.7. The fourth-order valence-electron chi connectivity index (χ4n) is 4.93. The van der Waals surface area contributed by atoms with Gasteiger partial charge in [0.1, 0.15) is 0 Å². The fourth-order valence-corrected chi connectivity index (χ4v) is 5.99. The summed E-state index contributed by atoms with van der Waals surface area (Å²) < 4.78 is 67.8. The van der Waals surface area contributed by atoms with Gasteiger partial charge in [0, 0.05) is 6.54 Å². The summed E-state index contributed by atoms with van der Waals surface area (Å²) in [7, 11) is -5.55. The molecule has 1 aliphatic heterocycles. The van der Waals surface area contributed by atoms with Gasteiger partial charge in [-0.15, -0.1) is 0 Å². The van der Waals surface area contributed by atoms with E-state index >= 15 is 0 Å². The Labute approximate surface area is 181 Å². The third-order valence-corrected chi connectivity index (χ3v) is 8.04. The van der Waals surface area contributed by atoms with Crippen molar-refractivity contribution in [3.63, 3.8) is 0 Å². The minimum atomic E-state index is -5.55. The molecule has 1 saturated carbocycles. The maximum absolute atomic E-state index is 13.8. The summed E-state index contributed by atoms with van der Waals surface area (Å²) in [5.74, 6) is 0. The highest BCUT2D eigenvalue weighted by Crippen LogP contribution is 2.48. The molecule has 2 aromatic carbocycles. The van der Waals surface area contributed by atoms with E-state index in [1.165, 1.54) is 0 Å². The van der Waals surface area contributed by atoms with Crippen molar-refractivity contribution in [2.45, 2.75) is 57.5 Å². The molecule has 1 atom stereocenters. The first kappa shape index (κ1) is 22.1. The van der Waals surface area contributed by atoms with E-state index < -0.39 is 21.6 Å². The van der Waals surface area contributed by atoms with E-state index in [1.807, 2.05) is 25.1 Å². The van der Waals surface area contributed by atoms with E-state index in [1.54, 1.807) is 31.2 Å². The summed E-state index contributed by atoms with van der Waals surface area (Å²) in [6.45, 7) is 3.39. The largest absolute Gasteiger partial charge is 0.511 e. The fraction of sp³-hybridized carbons (Fsp3) is 0.417. The second-order valence-electron chi connectivity index (χ2n) is 8.43. The number of benzene rings is 2. The van der Waals surface area contributed by atoms with Crippen LogP contribution in [0.15, 0.2) is 48.0 Å². The Balaban J connectivity index is 2.04. The standard InChI is InChI=1S/C24H26F3NO2S/c1-16-9-6-7-13-19(16)23-22-17(2)10-8-14-20(22)21(18-11-4-3-5-12-18)15-28(23)31(29,30)24(25,26)27/h6-10,13-14,23H,3-5,11-12,15H2,1-2H3/t23-/m1/s1. The lowest BCUT2D eigenvalue weighted by atomic mass is 9.79. The zero-order chi connectivity index (χ0) is 22.4. The van der Waals surface area contributed by atoms with Gasteiger partial charge in [-0.2, -0.15) is 17.5 Å². The van der Waals surface area contributed by atoms with E-state index in [0.29, 0.717) is 15.4 Å². The molecule has 1 heterocycles. The lowest BCUT2D eigenvalue weighted by Gasteiger charge is -2.40. The summed E-state index contributed by atoms with van der Waals surface area (Å²) in [6.07, 6.45) is 4.66. The van der Waals surface area contributed by atoms with Crippen molar-refractivity contribution in [1.29, 1.82) is 0 Å². The van der Waals surface area contributed by atoms with Gasteiger partial charge in [-0.1, -0.05) is 54.5 Å². The van der Waals surface area contributed by atoms with Crippen LogP contribution in [0.25, 0.3) is 5.57 Å². The molecule has 0 spiro atoms. The summed E-state index contributed by atoms with van der Waals surface area (Å²) in [5.41, 5.74) is 0.150. The van der Waals surface area contributed by atoms with Crippen LogP contribution in [0, 0.1) is 13.8 Å². The number of halogens is 3. The summed E-state index contributed by atoms with van der Waals surface area (Å²) in [6, 6.07) is 11.7. The van der Waals surface area contributed by atoms with E-state index in [-0.39, 0.29) is 6.54 Å². The van der Waals surface area contributed by atoms with Crippen molar-refractivity contribution < 1.29 is 21.6 Å². The molecule has 7 heteroatoms. The number of aryl methyl sites for hydroxylation is 2. The highest BCUT2D eigenvalue weighted by Gasteiger charge is 2.54. The molecular weight excluding hydrogens is 423 g/mol. The highest BCUT2D eigenvalue weighted by atomic mass is 32.2. The van der Waals surface area contributed by atoms with Crippen LogP contribution < -0.4 is 0 Å². The Morgan fingerprint density at radius 3 is 2.19 bits per heavy atom. The topological polar surface area (TPSA) is 37.4 Å². The van der Waals surface area contributed by atoms with Gasteiger partial charge in [0.25, 0.3) is 0 Å². The predicted octanol–water partition coefficient (Wildman–Crippen LogP) is 6.28. The number of hydrogen-bond acceptors (Lipinski definition) is 2. The van der Waals surface area contributed by atoms with Crippen LogP contribution in [-0.4, -0.2) is 24.8 Å². The Hall–Kier alpha value is -2.12. The number of hydrogen-bond donors (Lipinski definition) is 0. The number of fused-ring (bicyclic) bond motifs is 1. The quantitative estimate of drug-likeness (QED) is 0.541. The van der Waals surface area contributed by atoms with Gasteiger partial charge in [-0.05, 0) is 72.9 Å². The third kappa shape index (κ3) is 3.82. The predicted molar refractivity (Wildman–Crippen MR) is 116 cm³/mol. The van der Waals surface area contributed by atoms with Crippen molar-refractivity contribution in [2.24, 2.45) is 0 Å². The van der Waals surface area contributed by atoms with Crippen molar-refractivity contribution in [1.82, 2.24) is 4.31 Å². The highest BCUT2D eigenvalue weighted by molar-refractivity contribution is 7.90. The van der Waals surface area contributed by atoms with Crippen molar-refractivity contribution in [2.75, 3.05) is 6.54 Å². The Morgan fingerprint density at radius 1 is 0.903 bits per heavy atom. The first-order chi connectivity index (χ1) is 14.6. The molecule has 1 fully saturated rings. The molecule has 2 aromatic rings. The lowest BCUT2D eigenvalue weighted by molar-refractivity contribution is -0.0494. The molecule has 2 aliphatic rings. The Kier molecular flexibility index (Phi) is 5.77. The van der Waals surface area contributed by atoms with Gasteiger partial charge in [-0.3, -0.25) is 0 Å². The Morgan fingerprint density at radius 2 is 1.55 bits per heavy atom. The number of allylic oxidation sites excluding steroid dienone is 1. The van der Waals surface area contributed by atoms with Gasteiger partial charge in [0.05, 0.1) is 6.04 Å². The summed E-state index contributed by atoms with van der Waals surface area (Å²) in [4.78, 5) is 0. The van der Waals surface area contributed by atoms with Crippen molar-refractivity contribution in [3.05, 3.63) is 75.9 Å². The maximum Gasteiger partial charge on any atom is 0.511 e. The average Bonchev–Trinajstić information content (AvgIpc) is 2.73. The second-order valence-corrected chi connectivity index (χ2v) is 10.3. The van der Waals surface area contributed by atoms with E-state index in [9.17, 15) is 21.6 Å².